The van der Waals surface area contributed by atoms with Crippen LogP contribution in [0.5, 0.6) is 0 Å². The zero-order chi connectivity index (χ0) is 17.6. The van der Waals surface area contributed by atoms with E-state index in [1.807, 2.05) is 22.9 Å². The monoisotopic (exact) mass is 343 g/mol. The fourth-order valence-electron chi connectivity index (χ4n) is 3.47. The molecule has 2 amide bonds. The average Bonchev–Trinajstić information content (AvgIpc) is 3.40. The molecule has 2 aliphatic rings. The molecule has 5 heteroatoms. The lowest BCUT2D eigenvalue weighted by molar-refractivity contribution is -0.134. The number of hydrogen-bond acceptors (Lipinski definition) is 3. The maximum atomic E-state index is 12.4. The summed E-state index contributed by atoms with van der Waals surface area (Å²) in [5.41, 5.74) is 1.38. The van der Waals surface area contributed by atoms with E-state index in [9.17, 15) is 9.59 Å². The van der Waals surface area contributed by atoms with Gasteiger partial charge < -0.3 is 10.2 Å². The molecule has 0 atom stereocenters. The van der Waals surface area contributed by atoms with Gasteiger partial charge in [0.25, 0.3) is 0 Å². The Morgan fingerprint density at radius 3 is 2.40 bits per heavy atom. The second kappa shape index (κ2) is 8.48. The van der Waals surface area contributed by atoms with Gasteiger partial charge in [0.1, 0.15) is 0 Å². The van der Waals surface area contributed by atoms with Crippen molar-refractivity contribution in [1.29, 1.82) is 0 Å². The molecule has 3 rings (SSSR count). The van der Waals surface area contributed by atoms with Crippen LogP contribution in [-0.4, -0.2) is 60.9 Å². The fraction of sp³-hybridized carbons (Fsp3) is 0.600. The van der Waals surface area contributed by atoms with Crippen molar-refractivity contribution in [1.82, 2.24) is 15.1 Å². The van der Waals surface area contributed by atoms with E-state index in [1.165, 1.54) is 5.56 Å². The number of carbonyl (C=O) groups excluding carboxylic acids is 2. The lowest BCUT2D eigenvalue weighted by Crippen LogP contribution is -2.45. The molecule has 1 saturated carbocycles. The summed E-state index contributed by atoms with van der Waals surface area (Å²) in [6.07, 6.45) is 5.40. The van der Waals surface area contributed by atoms with Gasteiger partial charge in [-0.1, -0.05) is 30.3 Å². The first kappa shape index (κ1) is 17.9. The Bertz CT molecular complexity index is 578. The molecule has 136 valence electrons. The van der Waals surface area contributed by atoms with Crippen molar-refractivity contribution in [3.05, 3.63) is 35.9 Å². The zero-order valence-electron chi connectivity index (χ0n) is 15.1. The molecule has 0 radical (unpaired) electrons. The predicted molar refractivity (Wildman–Crippen MR) is 98.1 cm³/mol. The number of hydrogen-bond donors (Lipinski definition) is 1. The second-order valence-corrected chi connectivity index (χ2v) is 7.53. The number of rotatable bonds is 7. The third kappa shape index (κ3) is 5.85. The molecule has 0 aromatic heterocycles. The minimum atomic E-state index is 0.0272. The van der Waals surface area contributed by atoms with Crippen LogP contribution in [0.3, 0.4) is 0 Å². The first-order valence-electron chi connectivity index (χ1n) is 9.40. The van der Waals surface area contributed by atoms with Crippen molar-refractivity contribution >= 4 is 11.8 Å². The van der Waals surface area contributed by atoms with Crippen LogP contribution in [0.15, 0.2) is 30.3 Å². The predicted octanol–water partition coefficient (Wildman–Crippen LogP) is 1.68. The van der Waals surface area contributed by atoms with Gasteiger partial charge in [0.2, 0.25) is 11.8 Å². The van der Waals surface area contributed by atoms with Crippen molar-refractivity contribution in [3.63, 3.8) is 0 Å². The molecule has 0 spiro atoms. The van der Waals surface area contributed by atoms with E-state index in [1.54, 1.807) is 0 Å². The van der Waals surface area contributed by atoms with Gasteiger partial charge in [0, 0.05) is 19.1 Å². The minimum absolute atomic E-state index is 0.0272. The normalized spacial score (nSPS) is 18.4. The van der Waals surface area contributed by atoms with E-state index in [4.69, 9.17) is 0 Å². The number of piperidine rings is 1. The number of nitrogens with zero attached hydrogens (tertiary/aromatic N) is 2. The molecule has 1 heterocycles. The Morgan fingerprint density at radius 1 is 1.08 bits per heavy atom. The summed E-state index contributed by atoms with van der Waals surface area (Å²) < 4.78 is 0. The van der Waals surface area contributed by atoms with Crippen molar-refractivity contribution < 1.29 is 9.59 Å². The molecule has 5 nitrogen and oxygen atoms in total. The van der Waals surface area contributed by atoms with Crippen molar-refractivity contribution in [2.75, 3.05) is 33.2 Å². The number of benzene rings is 1. The summed E-state index contributed by atoms with van der Waals surface area (Å²) in [7, 11) is 1.84. The first-order valence-corrected chi connectivity index (χ1v) is 9.40. The van der Waals surface area contributed by atoms with Gasteiger partial charge in [0.15, 0.2) is 0 Å². The van der Waals surface area contributed by atoms with Crippen LogP contribution in [0.25, 0.3) is 0 Å². The second-order valence-electron chi connectivity index (χ2n) is 7.53. The van der Waals surface area contributed by atoms with Gasteiger partial charge in [-0.3, -0.25) is 14.5 Å². The maximum absolute atomic E-state index is 12.4. The Balaban J connectivity index is 1.36. The van der Waals surface area contributed by atoms with Crippen LogP contribution >= 0.6 is 0 Å². The smallest absolute Gasteiger partial charge is 0.236 e. The lowest BCUT2D eigenvalue weighted by Gasteiger charge is -2.33. The molecule has 1 aromatic carbocycles. The van der Waals surface area contributed by atoms with Crippen LogP contribution in [0.2, 0.25) is 0 Å². The largest absolute Gasteiger partial charge is 0.352 e. The summed E-state index contributed by atoms with van der Waals surface area (Å²) in [5.74, 6) is 0.827. The van der Waals surface area contributed by atoms with Crippen LogP contribution in [0.4, 0.5) is 0 Å². The number of likely N-dealkylation sites (tertiary alicyclic amines) is 1. The Kier molecular flexibility index (Phi) is 6.08. The number of amides is 2. The highest BCUT2D eigenvalue weighted by Gasteiger charge is 2.26. The van der Waals surface area contributed by atoms with Crippen molar-refractivity contribution in [2.45, 2.75) is 38.1 Å². The molecule has 25 heavy (non-hydrogen) atoms. The highest BCUT2D eigenvalue weighted by molar-refractivity contribution is 5.81. The molecule has 2 fully saturated rings. The number of nitrogens with one attached hydrogen (secondary N) is 1. The van der Waals surface area contributed by atoms with Crippen molar-refractivity contribution in [2.24, 2.45) is 5.92 Å². The molecule has 1 N–H and O–H groups in total. The molecule has 0 bridgehead atoms. The van der Waals surface area contributed by atoms with E-state index < -0.39 is 0 Å². The molecule has 1 aromatic rings. The van der Waals surface area contributed by atoms with Gasteiger partial charge in [-0.05, 0) is 50.6 Å². The molecule has 1 saturated heterocycles. The summed E-state index contributed by atoms with van der Waals surface area (Å²) >= 11 is 0. The molecule has 1 aliphatic heterocycles. The summed E-state index contributed by atoms with van der Waals surface area (Å²) in [4.78, 5) is 28.0. The third-order valence-corrected chi connectivity index (χ3v) is 5.10. The summed E-state index contributed by atoms with van der Waals surface area (Å²) in [6, 6.07) is 11.0. The summed E-state index contributed by atoms with van der Waals surface area (Å²) in [6.45, 7) is 2.28. The van der Waals surface area contributed by atoms with Gasteiger partial charge in [-0.25, -0.2) is 0 Å². The van der Waals surface area contributed by atoms with Gasteiger partial charge in [-0.15, -0.1) is 0 Å². The van der Waals surface area contributed by atoms with E-state index >= 15 is 0 Å². The van der Waals surface area contributed by atoms with E-state index in [0.29, 0.717) is 25.0 Å². The van der Waals surface area contributed by atoms with Crippen LogP contribution < -0.4 is 5.32 Å². The van der Waals surface area contributed by atoms with Gasteiger partial charge >= 0.3 is 0 Å². The molecular weight excluding hydrogens is 314 g/mol. The van der Waals surface area contributed by atoms with E-state index in [-0.39, 0.29) is 11.8 Å². The van der Waals surface area contributed by atoms with E-state index in [2.05, 4.69) is 29.6 Å². The van der Waals surface area contributed by atoms with Crippen LogP contribution in [-0.2, 0) is 16.0 Å². The number of carbonyl (C=O) groups is 2. The first-order chi connectivity index (χ1) is 12.1. The lowest BCUT2D eigenvalue weighted by atomic mass is 9.90. The minimum Gasteiger partial charge on any atom is -0.352 e. The number of likely N-dealkylation sites (N-methyl/N-ethyl adjacent to an activating group) is 1. The maximum Gasteiger partial charge on any atom is 0.236 e. The van der Waals surface area contributed by atoms with Crippen LogP contribution in [0, 0.1) is 5.92 Å². The molecule has 1 aliphatic carbocycles. The third-order valence-electron chi connectivity index (χ3n) is 5.10. The van der Waals surface area contributed by atoms with Gasteiger partial charge in [-0.2, -0.15) is 0 Å². The molecule has 0 unspecified atom stereocenters. The quantitative estimate of drug-likeness (QED) is 0.819. The zero-order valence-corrected chi connectivity index (χ0v) is 15.1. The Morgan fingerprint density at radius 2 is 1.76 bits per heavy atom. The van der Waals surface area contributed by atoms with Gasteiger partial charge in [0.05, 0.1) is 13.1 Å². The van der Waals surface area contributed by atoms with Crippen molar-refractivity contribution in [3.8, 4) is 0 Å². The summed E-state index contributed by atoms with van der Waals surface area (Å²) in [5, 5.41) is 2.96. The SMILES string of the molecule is CN(CC(=O)NC1CC1)CC(=O)N1CCC(Cc2ccccc2)CC1. The van der Waals surface area contributed by atoms with Crippen LogP contribution in [0.1, 0.15) is 31.2 Å². The van der Waals surface area contributed by atoms with E-state index in [0.717, 1.165) is 45.2 Å². The molecular formula is C20H29N3O2. The average molecular weight is 343 g/mol. The Labute approximate surface area is 150 Å². The topological polar surface area (TPSA) is 52.7 Å². The highest BCUT2D eigenvalue weighted by Crippen LogP contribution is 2.22. The standard InChI is InChI=1S/C20H29N3O2/c1-22(14-19(24)21-18-7-8-18)15-20(25)23-11-9-17(10-12-23)13-16-5-3-2-4-6-16/h2-6,17-18H,7-15H2,1H3,(H,21,24). The highest BCUT2D eigenvalue weighted by atomic mass is 16.2. The Hall–Kier alpha value is -1.88. The fourth-order valence-corrected chi connectivity index (χ4v) is 3.47.